The van der Waals surface area contributed by atoms with E-state index in [-0.39, 0.29) is 23.7 Å². The molecule has 1 aliphatic rings. The van der Waals surface area contributed by atoms with Gasteiger partial charge in [0.2, 0.25) is 5.91 Å². The lowest BCUT2D eigenvalue weighted by molar-refractivity contribution is -0.132. The summed E-state index contributed by atoms with van der Waals surface area (Å²) < 4.78 is 1.19. The Bertz CT molecular complexity index is 942. The molecule has 10 heteroatoms. The van der Waals surface area contributed by atoms with Crippen LogP contribution in [0.3, 0.4) is 0 Å². The molecule has 0 radical (unpaired) electrons. The van der Waals surface area contributed by atoms with Gasteiger partial charge in [0.05, 0.1) is 17.0 Å². The Morgan fingerprint density at radius 3 is 2.58 bits per heavy atom. The minimum absolute atomic E-state index is 0.0372. The van der Waals surface area contributed by atoms with E-state index in [0.29, 0.717) is 28.9 Å². The lowest BCUT2D eigenvalue weighted by Gasteiger charge is -2.15. The lowest BCUT2D eigenvalue weighted by Crippen LogP contribution is -2.47. The number of rotatable bonds is 4. The summed E-state index contributed by atoms with van der Waals surface area (Å²) in [6.45, 7) is 1.93. The normalized spacial score (nSPS) is 13.9. The number of hydrogen-bond donors (Lipinski definition) is 2. The highest BCUT2D eigenvalue weighted by atomic mass is 32.2. The van der Waals surface area contributed by atoms with Crippen LogP contribution in [0, 0.1) is 0 Å². The van der Waals surface area contributed by atoms with Crippen molar-refractivity contribution in [1.82, 2.24) is 25.5 Å². The van der Waals surface area contributed by atoms with E-state index in [0.717, 1.165) is 0 Å². The number of nitrogens with one attached hydrogen (secondary N) is 2. The van der Waals surface area contributed by atoms with Gasteiger partial charge in [-0.05, 0) is 13.0 Å². The minimum atomic E-state index is -0.640. The van der Waals surface area contributed by atoms with Crippen molar-refractivity contribution in [1.29, 1.82) is 0 Å². The number of aromatic nitrogens is 2. The van der Waals surface area contributed by atoms with Gasteiger partial charge >= 0.3 is 0 Å². The molecule has 0 unspecified atom stereocenters. The molecule has 1 aromatic carbocycles. The van der Waals surface area contributed by atoms with Crippen LogP contribution in [0.5, 0.6) is 0 Å². The molecule has 1 aliphatic heterocycles. The van der Waals surface area contributed by atoms with Gasteiger partial charge in [-0.15, -0.1) is 11.8 Å². The number of fused-ring (bicyclic) bond motifs is 1. The number of amides is 3. The van der Waals surface area contributed by atoms with Crippen LogP contribution in [0.25, 0.3) is 10.8 Å². The Kier molecular flexibility index (Phi) is 5.21. The second kappa shape index (κ2) is 7.56. The van der Waals surface area contributed by atoms with Crippen molar-refractivity contribution in [2.24, 2.45) is 0 Å². The summed E-state index contributed by atoms with van der Waals surface area (Å²) in [7, 11) is 0. The number of hydrogen-bond acceptors (Lipinski definition) is 6. The van der Waals surface area contributed by atoms with E-state index in [4.69, 9.17) is 0 Å². The van der Waals surface area contributed by atoms with Gasteiger partial charge < -0.3 is 4.90 Å². The average Bonchev–Trinajstić information content (AvgIpc) is 3.05. The maximum absolute atomic E-state index is 12.5. The Balaban J connectivity index is 1.75. The van der Waals surface area contributed by atoms with Gasteiger partial charge in [0, 0.05) is 11.9 Å². The SMILES string of the molecule is CCn1nc(C(=O)NNC(=O)CN2CSCC2=O)c2ccccc2c1=O. The van der Waals surface area contributed by atoms with E-state index < -0.39 is 11.8 Å². The molecule has 3 rings (SSSR count). The van der Waals surface area contributed by atoms with Gasteiger partial charge in [0.1, 0.15) is 6.54 Å². The fourth-order valence-corrected chi connectivity index (χ4v) is 3.46. The summed E-state index contributed by atoms with van der Waals surface area (Å²) in [5.41, 5.74) is 4.32. The van der Waals surface area contributed by atoms with Crippen LogP contribution in [-0.2, 0) is 16.1 Å². The summed E-state index contributed by atoms with van der Waals surface area (Å²) in [5.74, 6) is -0.456. The zero-order valence-corrected chi connectivity index (χ0v) is 14.8. The third-order valence-corrected chi connectivity index (χ3v) is 4.80. The highest BCUT2D eigenvalue weighted by Crippen LogP contribution is 2.14. The second-order valence-electron chi connectivity index (χ2n) is 5.59. The summed E-state index contributed by atoms with van der Waals surface area (Å²) in [6.07, 6.45) is 0. The van der Waals surface area contributed by atoms with Crippen molar-refractivity contribution in [2.45, 2.75) is 13.5 Å². The monoisotopic (exact) mass is 375 g/mol. The maximum Gasteiger partial charge on any atom is 0.290 e. The molecule has 136 valence electrons. The van der Waals surface area contributed by atoms with Crippen molar-refractivity contribution in [2.75, 3.05) is 18.2 Å². The summed E-state index contributed by atoms with van der Waals surface area (Å²) in [4.78, 5) is 49.6. The second-order valence-corrected chi connectivity index (χ2v) is 6.54. The minimum Gasteiger partial charge on any atom is -0.323 e. The Morgan fingerprint density at radius 1 is 1.19 bits per heavy atom. The van der Waals surface area contributed by atoms with Crippen molar-refractivity contribution in [3.8, 4) is 0 Å². The number of carbonyl (C=O) groups is 3. The largest absolute Gasteiger partial charge is 0.323 e. The Labute approximate surface area is 152 Å². The number of aryl methyl sites for hydroxylation is 1. The molecule has 1 fully saturated rings. The number of nitrogens with zero attached hydrogens (tertiary/aromatic N) is 3. The molecule has 1 saturated heterocycles. The highest BCUT2D eigenvalue weighted by molar-refractivity contribution is 8.00. The van der Waals surface area contributed by atoms with Gasteiger partial charge in [-0.2, -0.15) is 5.10 Å². The smallest absolute Gasteiger partial charge is 0.290 e. The van der Waals surface area contributed by atoms with E-state index in [1.54, 1.807) is 31.2 Å². The first-order valence-corrected chi connectivity index (χ1v) is 9.11. The van der Waals surface area contributed by atoms with Crippen molar-refractivity contribution >= 4 is 40.3 Å². The molecule has 9 nitrogen and oxygen atoms in total. The molecular formula is C16H17N5O4S. The molecular weight excluding hydrogens is 358 g/mol. The topological polar surface area (TPSA) is 113 Å². The maximum atomic E-state index is 12.5. The fraction of sp³-hybridized carbons (Fsp3) is 0.312. The van der Waals surface area contributed by atoms with E-state index in [2.05, 4.69) is 16.0 Å². The average molecular weight is 375 g/mol. The van der Waals surface area contributed by atoms with Crippen LogP contribution in [0.1, 0.15) is 17.4 Å². The van der Waals surface area contributed by atoms with E-state index in [1.807, 2.05) is 0 Å². The van der Waals surface area contributed by atoms with Crippen LogP contribution >= 0.6 is 11.8 Å². The summed E-state index contributed by atoms with van der Waals surface area (Å²) in [6, 6.07) is 6.65. The summed E-state index contributed by atoms with van der Waals surface area (Å²) in [5, 5.41) is 4.86. The molecule has 0 spiro atoms. The Hall–Kier alpha value is -2.88. The number of benzene rings is 1. The molecule has 3 amide bonds. The molecule has 2 heterocycles. The highest BCUT2D eigenvalue weighted by Gasteiger charge is 2.23. The number of thioether (sulfide) groups is 1. The standard InChI is InChI=1S/C16H17N5O4S/c1-2-21-16(25)11-6-4-3-5-10(11)14(19-21)15(24)18-17-12(22)7-20-9-26-8-13(20)23/h3-6H,2,7-9H2,1H3,(H,17,22)(H,18,24). The van der Waals surface area contributed by atoms with Crippen LogP contribution in [0.4, 0.5) is 0 Å². The van der Waals surface area contributed by atoms with Gasteiger partial charge in [0.15, 0.2) is 5.69 Å². The number of hydrazine groups is 1. The quantitative estimate of drug-likeness (QED) is 0.710. The lowest BCUT2D eigenvalue weighted by atomic mass is 10.1. The third-order valence-electron chi connectivity index (χ3n) is 3.86. The molecule has 2 aromatic rings. The van der Waals surface area contributed by atoms with E-state index in [9.17, 15) is 19.2 Å². The van der Waals surface area contributed by atoms with Crippen molar-refractivity contribution in [3.05, 3.63) is 40.3 Å². The zero-order chi connectivity index (χ0) is 18.7. The third kappa shape index (κ3) is 3.54. The Morgan fingerprint density at radius 2 is 1.92 bits per heavy atom. The van der Waals surface area contributed by atoms with E-state index in [1.165, 1.54) is 21.3 Å². The zero-order valence-electron chi connectivity index (χ0n) is 14.0. The van der Waals surface area contributed by atoms with Gasteiger partial charge in [-0.25, -0.2) is 4.68 Å². The summed E-state index contributed by atoms with van der Waals surface area (Å²) >= 11 is 1.43. The molecule has 0 bridgehead atoms. The van der Waals surface area contributed by atoms with Crippen molar-refractivity contribution in [3.63, 3.8) is 0 Å². The molecule has 1 aromatic heterocycles. The fourth-order valence-electron chi connectivity index (χ4n) is 2.56. The predicted octanol–water partition coefficient (Wildman–Crippen LogP) is -0.290. The van der Waals surface area contributed by atoms with Crippen LogP contribution in [0.2, 0.25) is 0 Å². The molecule has 0 atom stereocenters. The van der Waals surface area contributed by atoms with Gasteiger partial charge in [0.25, 0.3) is 17.4 Å². The molecule has 0 aliphatic carbocycles. The first-order chi connectivity index (χ1) is 12.5. The van der Waals surface area contributed by atoms with E-state index >= 15 is 0 Å². The number of carbonyl (C=O) groups excluding carboxylic acids is 3. The van der Waals surface area contributed by atoms with Crippen molar-refractivity contribution < 1.29 is 14.4 Å². The first kappa shape index (κ1) is 17.9. The van der Waals surface area contributed by atoms with Gasteiger partial charge in [-0.1, -0.05) is 18.2 Å². The van der Waals surface area contributed by atoms with Gasteiger partial charge in [-0.3, -0.25) is 30.0 Å². The van der Waals surface area contributed by atoms with Crippen LogP contribution < -0.4 is 16.4 Å². The molecule has 0 saturated carbocycles. The van der Waals surface area contributed by atoms with Crippen LogP contribution in [-0.4, -0.2) is 50.6 Å². The molecule has 2 N–H and O–H groups in total. The molecule has 26 heavy (non-hydrogen) atoms. The van der Waals surface area contributed by atoms with Crippen LogP contribution in [0.15, 0.2) is 29.1 Å². The predicted molar refractivity (Wildman–Crippen MR) is 96.3 cm³/mol. The first-order valence-electron chi connectivity index (χ1n) is 7.95.